The number of hydrogen-bond donors (Lipinski definition) is 1. The van der Waals surface area contributed by atoms with Crippen molar-refractivity contribution in [1.82, 2.24) is 4.98 Å². The number of rotatable bonds is 3. The second kappa shape index (κ2) is 4.79. The number of thiazole rings is 1. The molecule has 2 N–H and O–H groups in total. The van der Waals surface area contributed by atoms with Crippen LogP contribution in [-0.4, -0.2) is 31.1 Å². The van der Waals surface area contributed by atoms with Gasteiger partial charge >= 0.3 is 0 Å². The number of methoxy groups -OCH3 is 1. The molecule has 1 aromatic heterocycles. The van der Waals surface area contributed by atoms with Gasteiger partial charge in [0.1, 0.15) is 5.75 Å². The monoisotopic (exact) mass is 277 g/mol. The maximum Gasteiger partial charge on any atom is 0.229 e. The number of nitrogens with two attached hydrogens (primary N) is 1. The van der Waals surface area contributed by atoms with Crippen molar-refractivity contribution in [1.29, 1.82) is 0 Å². The third-order valence-corrected chi connectivity index (χ3v) is 4.41. The summed E-state index contributed by atoms with van der Waals surface area (Å²) in [5.74, 6) is 1.13. The number of carbonyl (C=O) groups is 1. The largest absolute Gasteiger partial charge is 0.497 e. The van der Waals surface area contributed by atoms with Gasteiger partial charge in [0.2, 0.25) is 5.91 Å². The molecule has 1 unspecified atom stereocenters. The van der Waals surface area contributed by atoms with Gasteiger partial charge in [-0.25, -0.2) is 4.98 Å². The fourth-order valence-corrected chi connectivity index (χ4v) is 3.23. The van der Waals surface area contributed by atoms with Crippen molar-refractivity contribution < 1.29 is 9.53 Å². The summed E-state index contributed by atoms with van der Waals surface area (Å²) in [7, 11) is 1.63. The van der Waals surface area contributed by atoms with E-state index < -0.39 is 0 Å². The first-order valence-electron chi connectivity index (χ1n) is 6.16. The van der Waals surface area contributed by atoms with Gasteiger partial charge in [-0.3, -0.25) is 9.69 Å². The molecule has 0 aliphatic carbocycles. The molecule has 1 aliphatic heterocycles. The fourth-order valence-electron chi connectivity index (χ4n) is 2.26. The lowest BCUT2D eigenvalue weighted by molar-refractivity contribution is -0.117. The van der Waals surface area contributed by atoms with Gasteiger partial charge < -0.3 is 10.5 Å². The van der Waals surface area contributed by atoms with E-state index in [9.17, 15) is 4.79 Å². The molecule has 2 heterocycles. The van der Waals surface area contributed by atoms with Crippen LogP contribution in [0.3, 0.4) is 0 Å². The van der Waals surface area contributed by atoms with Gasteiger partial charge in [-0.15, -0.1) is 0 Å². The zero-order chi connectivity index (χ0) is 13.4. The van der Waals surface area contributed by atoms with Crippen LogP contribution in [0.15, 0.2) is 18.2 Å². The van der Waals surface area contributed by atoms with E-state index in [1.807, 2.05) is 18.2 Å². The molecule has 1 atom stereocenters. The first-order valence-corrected chi connectivity index (χ1v) is 6.98. The molecule has 1 aromatic carbocycles. The zero-order valence-electron chi connectivity index (χ0n) is 10.6. The third kappa shape index (κ3) is 2.17. The molecule has 1 saturated heterocycles. The van der Waals surface area contributed by atoms with E-state index in [0.717, 1.165) is 21.1 Å². The lowest BCUT2D eigenvalue weighted by atomic mass is 10.1. The van der Waals surface area contributed by atoms with Gasteiger partial charge in [0.15, 0.2) is 5.13 Å². The maximum atomic E-state index is 12.0. The fraction of sp³-hybridized carbons (Fsp3) is 0.385. The van der Waals surface area contributed by atoms with Gasteiger partial charge in [-0.05, 0) is 24.6 Å². The molecule has 0 saturated carbocycles. The van der Waals surface area contributed by atoms with E-state index >= 15 is 0 Å². The molecule has 6 heteroatoms. The Morgan fingerprint density at radius 1 is 1.58 bits per heavy atom. The first-order chi connectivity index (χ1) is 9.21. The molecule has 2 aromatic rings. The van der Waals surface area contributed by atoms with E-state index in [2.05, 4.69) is 4.98 Å². The Kier molecular flexibility index (Phi) is 3.12. The van der Waals surface area contributed by atoms with Crippen LogP contribution in [0.4, 0.5) is 5.13 Å². The molecule has 100 valence electrons. The second-order valence-electron chi connectivity index (χ2n) is 4.64. The second-order valence-corrected chi connectivity index (χ2v) is 5.65. The van der Waals surface area contributed by atoms with Gasteiger partial charge in [0.05, 0.1) is 17.3 Å². The Morgan fingerprint density at radius 2 is 2.42 bits per heavy atom. The summed E-state index contributed by atoms with van der Waals surface area (Å²) in [6.07, 6.45) is 0.524. The Balaban J connectivity index is 1.95. The van der Waals surface area contributed by atoms with Crippen molar-refractivity contribution in [3.8, 4) is 5.75 Å². The molecular formula is C13H15N3O2S. The van der Waals surface area contributed by atoms with E-state index in [0.29, 0.717) is 19.5 Å². The van der Waals surface area contributed by atoms with Crippen LogP contribution in [-0.2, 0) is 4.79 Å². The minimum atomic E-state index is 0.112. The summed E-state index contributed by atoms with van der Waals surface area (Å²) in [6.45, 7) is 1.22. The Hall–Kier alpha value is -1.66. The minimum absolute atomic E-state index is 0.112. The number of ether oxygens (including phenoxy) is 1. The highest BCUT2D eigenvalue weighted by Crippen LogP contribution is 2.33. The highest BCUT2D eigenvalue weighted by atomic mass is 32.1. The summed E-state index contributed by atoms with van der Waals surface area (Å²) in [5, 5.41) is 0.754. The van der Waals surface area contributed by atoms with Crippen molar-refractivity contribution in [2.45, 2.75) is 6.42 Å². The van der Waals surface area contributed by atoms with E-state index in [1.54, 1.807) is 12.0 Å². The zero-order valence-corrected chi connectivity index (χ0v) is 11.4. The smallest absolute Gasteiger partial charge is 0.229 e. The Labute approximate surface area is 115 Å². The van der Waals surface area contributed by atoms with Crippen LogP contribution in [0.25, 0.3) is 10.2 Å². The number of benzene rings is 1. The summed E-state index contributed by atoms with van der Waals surface area (Å²) in [5.41, 5.74) is 6.50. The van der Waals surface area contributed by atoms with E-state index in [4.69, 9.17) is 10.5 Å². The molecule has 3 rings (SSSR count). The van der Waals surface area contributed by atoms with Gasteiger partial charge in [-0.1, -0.05) is 11.3 Å². The van der Waals surface area contributed by atoms with Crippen LogP contribution < -0.4 is 15.4 Å². The van der Waals surface area contributed by atoms with Crippen molar-refractivity contribution in [3.05, 3.63) is 18.2 Å². The van der Waals surface area contributed by atoms with Crippen molar-refractivity contribution >= 4 is 32.6 Å². The lowest BCUT2D eigenvalue weighted by Gasteiger charge is -2.11. The number of hydrogen-bond acceptors (Lipinski definition) is 5. The van der Waals surface area contributed by atoms with Crippen LogP contribution >= 0.6 is 11.3 Å². The number of amides is 1. The predicted molar refractivity (Wildman–Crippen MR) is 75.7 cm³/mol. The molecule has 1 fully saturated rings. The van der Waals surface area contributed by atoms with E-state index in [1.165, 1.54) is 11.3 Å². The van der Waals surface area contributed by atoms with Gasteiger partial charge in [0.25, 0.3) is 0 Å². The summed E-state index contributed by atoms with van der Waals surface area (Å²) >= 11 is 1.53. The van der Waals surface area contributed by atoms with Crippen molar-refractivity contribution in [2.24, 2.45) is 11.7 Å². The lowest BCUT2D eigenvalue weighted by Crippen LogP contribution is -2.25. The average molecular weight is 277 g/mol. The predicted octanol–water partition coefficient (Wildman–Crippen LogP) is 1.62. The molecule has 5 nitrogen and oxygen atoms in total. The minimum Gasteiger partial charge on any atom is -0.497 e. The maximum absolute atomic E-state index is 12.0. The summed E-state index contributed by atoms with van der Waals surface area (Å²) in [4.78, 5) is 18.2. The topological polar surface area (TPSA) is 68.5 Å². The average Bonchev–Trinajstić information content (AvgIpc) is 3.00. The van der Waals surface area contributed by atoms with E-state index in [-0.39, 0.29) is 11.8 Å². The van der Waals surface area contributed by atoms with Crippen LogP contribution in [0.5, 0.6) is 5.75 Å². The van der Waals surface area contributed by atoms with Crippen molar-refractivity contribution in [3.63, 3.8) is 0 Å². The molecule has 1 aliphatic rings. The number of carbonyl (C=O) groups excluding carboxylic acids is 1. The number of anilines is 1. The third-order valence-electron chi connectivity index (χ3n) is 3.35. The van der Waals surface area contributed by atoms with Gasteiger partial charge in [-0.2, -0.15) is 0 Å². The standard InChI is InChI=1S/C13H15N3O2S/c1-18-9-2-3-11-10(5-9)15-13(19-11)16-7-8(6-14)4-12(16)17/h2-3,5,8H,4,6-7,14H2,1H3. The molecule has 0 spiro atoms. The Bertz CT molecular complexity index is 625. The van der Waals surface area contributed by atoms with Crippen molar-refractivity contribution in [2.75, 3.05) is 25.1 Å². The van der Waals surface area contributed by atoms with Crippen LogP contribution in [0.1, 0.15) is 6.42 Å². The highest BCUT2D eigenvalue weighted by Gasteiger charge is 2.31. The SMILES string of the molecule is COc1ccc2sc(N3CC(CN)CC3=O)nc2c1. The highest BCUT2D eigenvalue weighted by molar-refractivity contribution is 7.22. The normalized spacial score (nSPS) is 19.4. The molecule has 1 amide bonds. The van der Waals surface area contributed by atoms with Gasteiger partial charge in [0, 0.05) is 19.0 Å². The molecule has 19 heavy (non-hydrogen) atoms. The molecular weight excluding hydrogens is 262 g/mol. The van der Waals surface area contributed by atoms with Crippen LogP contribution in [0.2, 0.25) is 0 Å². The number of nitrogens with zero attached hydrogens (tertiary/aromatic N) is 2. The number of aromatic nitrogens is 1. The van der Waals surface area contributed by atoms with Crippen LogP contribution in [0, 0.1) is 5.92 Å². The molecule has 0 bridgehead atoms. The summed E-state index contributed by atoms with van der Waals surface area (Å²) < 4.78 is 6.24. The Morgan fingerprint density at radius 3 is 3.11 bits per heavy atom. The molecule has 0 radical (unpaired) electrons. The number of fused-ring (bicyclic) bond motifs is 1. The first kappa shape index (κ1) is 12.4. The quantitative estimate of drug-likeness (QED) is 0.925. The summed E-state index contributed by atoms with van der Waals surface area (Å²) in [6, 6.07) is 5.76.